The van der Waals surface area contributed by atoms with E-state index in [4.69, 9.17) is 46.3 Å². The van der Waals surface area contributed by atoms with Gasteiger partial charge in [-0.25, -0.2) is 25.7 Å². The summed E-state index contributed by atoms with van der Waals surface area (Å²) in [4.78, 5) is 91.8. The molecule has 25 nitrogen and oxygen atoms in total. The predicted octanol–water partition coefficient (Wildman–Crippen LogP) is 18.8. The van der Waals surface area contributed by atoms with Crippen LogP contribution in [-0.4, -0.2) is 132 Å². The van der Waals surface area contributed by atoms with Crippen molar-refractivity contribution >= 4 is 57.0 Å². The lowest BCUT2D eigenvalue weighted by atomic mass is 10.0. The van der Waals surface area contributed by atoms with E-state index in [0.29, 0.717) is 51.4 Å². The summed E-state index contributed by atoms with van der Waals surface area (Å²) in [5.41, 5.74) is 0. The molecule has 4 amide bonds. The molecule has 0 spiro atoms. The van der Waals surface area contributed by atoms with Crippen LogP contribution in [0.4, 0.5) is 4.79 Å². The molecule has 648 valence electrons. The van der Waals surface area contributed by atoms with Gasteiger partial charge >= 0.3 is 33.6 Å². The third-order valence-corrected chi connectivity index (χ3v) is 22.2. The normalized spacial score (nSPS) is 13.7. The lowest BCUT2D eigenvalue weighted by Crippen LogP contribution is -2.48. The maximum Gasteiger partial charge on any atom is 0.520 e. The molecular formula is C83H164N6O19P2+2. The number of carbonyl (C=O) groups excluding carboxylic acids is 7. The summed E-state index contributed by atoms with van der Waals surface area (Å²) in [6.07, 6.45) is 52.8. The van der Waals surface area contributed by atoms with Crippen molar-refractivity contribution in [2.24, 2.45) is 0 Å². The molecule has 0 bridgehead atoms. The van der Waals surface area contributed by atoms with Crippen molar-refractivity contribution in [1.82, 2.24) is 21.3 Å². The molecule has 0 aromatic heterocycles. The highest BCUT2D eigenvalue weighted by molar-refractivity contribution is 7.48. The van der Waals surface area contributed by atoms with Gasteiger partial charge in [0.2, 0.25) is 11.8 Å². The number of phosphoric acid groups is 2. The van der Waals surface area contributed by atoms with Crippen LogP contribution in [-0.2, 0) is 84.2 Å². The molecule has 0 radical (unpaired) electrons. The standard InChI is InChI=1S/C83H162N6O19P2/c1-7-13-19-25-29-33-37-43-47-53-75(90)67-79(92)88-73(69-99-63-59-77(55-49-41-23-17-11-5)105-81(94)57-51-45-39-35-31-27-21-15-9-3)71-103-109(97,107-84)101-65-61-86-83(96)87-62-66-102-110(98,108-85)104-72-74(89-80(93)68-76(91)54-48-44-38-34-30-26-20-14-8-2)70-100-64-60-78(56-50-42-24-18-12-6)106-82(95)58-52-46-40-36-32-28-22-16-10-4/h73-74,77-78H,7-72H2,1-6,84-85H3,(H2-2,86,87,88,89,92,93,96)/p+2. The number of nitrogens with one attached hydrogen (secondary N) is 4. The molecular weight excluding hydrogens is 1450 g/mol. The van der Waals surface area contributed by atoms with E-state index in [-0.39, 0.29) is 114 Å². The Bertz CT molecular complexity index is 2160. The average molecular weight is 1610 g/mol. The van der Waals surface area contributed by atoms with Crippen molar-refractivity contribution in [1.29, 1.82) is 0 Å². The third kappa shape index (κ3) is 70.0. The largest absolute Gasteiger partial charge is 0.520 e. The van der Waals surface area contributed by atoms with E-state index in [2.05, 4.69) is 74.6 Å². The van der Waals surface area contributed by atoms with Crippen LogP contribution in [0.15, 0.2) is 0 Å². The van der Waals surface area contributed by atoms with Gasteiger partial charge in [0, 0.05) is 51.6 Å². The molecule has 0 aliphatic carbocycles. The van der Waals surface area contributed by atoms with Gasteiger partial charge in [-0.3, -0.25) is 46.9 Å². The van der Waals surface area contributed by atoms with E-state index < -0.39 is 58.8 Å². The molecule has 6 atom stereocenters. The maximum atomic E-state index is 13.7. The summed E-state index contributed by atoms with van der Waals surface area (Å²) in [5, 5.41) is 10.7. The van der Waals surface area contributed by atoms with Crippen LogP contribution >= 0.6 is 15.6 Å². The molecule has 0 heterocycles. The topological polar surface area (TPSA) is 349 Å². The van der Waals surface area contributed by atoms with Crippen molar-refractivity contribution in [3.05, 3.63) is 0 Å². The second-order valence-corrected chi connectivity index (χ2v) is 33.6. The minimum absolute atomic E-state index is 0.114. The van der Waals surface area contributed by atoms with Crippen molar-refractivity contribution < 1.29 is 101 Å². The number of amides is 4. The molecule has 0 aromatic rings. The number of phosphoric ester groups is 2. The predicted molar refractivity (Wildman–Crippen MR) is 436 cm³/mol. The molecule has 6 unspecified atom stereocenters. The monoisotopic (exact) mass is 1610 g/mol. The van der Waals surface area contributed by atoms with Crippen molar-refractivity contribution in [2.75, 3.05) is 65.9 Å². The summed E-state index contributed by atoms with van der Waals surface area (Å²) in [6, 6.07) is -2.55. The zero-order valence-electron chi connectivity index (χ0n) is 70.5. The first kappa shape index (κ1) is 107. The maximum absolute atomic E-state index is 13.7. The smallest absolute Gasteiger partial charge is 0.462 e. The zero-order chi connectivity index (χ0) is 80.9. The van der Waals surface area contributed by atoms with E-state index in [1.54, 1.807) is 0 Å². The van der Waals surface area contributed by atoms with E-state index in [1.807, 2.05) is 0 Å². The first-order valence-corrected chi connectivity index (χ1v) is 47.2. The van der Waals surface area contributed by atoms with Crippen molar-refractivity contribution in [3.63, 3.8) is 0 Å². The van der Waals surface area contributed by atoms with Gasteiger partial charge in [-0.1, -0.05) is 308 Å². The first-order valence-electron chi connectivity index (χ1n) is 44.3. The van der Waals surface area contributed by atoms with Crippen LogP contribution in [0.5, 0.6) is 0 Å². The SMILES string of the molecule is CCCCCCCCCCCC(=O)CC(=O)NC(COCCC(CCCCCCC)OC(=O)CCCCCCCCCCC)COP(=O)(O[NH3+])OCCNC(=O)NCCOP(=O)(O[NH3+])OCC(COCCC(CCCCCCC)OC(=O)CCCCCCCCCCC)NC(=O)CC(=O)CCCCCCCCCCC. The quantitative estimate of drug-likeness (QED) is 0.0108. The molecule has 0 saturated heterocycles. The fourth-order valence-electron chi connectivity index (χ4n) is 12.9. The van der Waals surface area contributed by atoms with Gasteiger partial charge in [-0.15, -0.1) is 0 Å². The van der Waals surface area contributed by atoms with Gasteiger partial charge < -0.3 is 40.2 Å². The van der Waals surface area contributed by atoms with Gasteiger partial charge in [0.25, 0.3) is 0 Å². The molecule has 0 aliphatic rings. The summed E-state index contributed by atoms with van der Waals surface area (Å²) in [7, 11) is -8.83. The highest BCUT2D eigenvalue weighted by Crippen LogP contribution is 2.47. The lowest BCUT2D eigenvalue weighted by molar-refractivity contribution is -0.643. The van der Waals surface area contributed by atoms with Crippen LogP contribution in [0.3, 0.4) is 0 Å². The second kappa shape index (κ2) is 78.1. The Balaban J connectivity index is 5.83. The molecule has 0 rings (SSSR count). The minimum Gasteiger partial charge on any atom is -0.462 e. The second-order valence-electron chi connectivity index (χ2n) is 30.2. The number of Topliss-reactive ketones (excluding diaryl/α,β-unsaturated/α-hetero) is 2. The van der Waals surface area contributed by atoms with Crippen molar-refractivity contribution in [3.8, 4) is 0 Å². The van der Waals surface area contributed by atoms with Gasteiger partial charge in [0.05, 0.1) is 77.8 Å². The third-order valence-electron chi connectivity index (χ3n) is 19.7. The number of ether oxygens (including phenoxy) is 4. The molecule has 110 heavy (non-hydrogen) atoms. The minimum atomic E-state index is -4.41. The lowest BCUT2D eigenvalue weighted by Gasteiger charge is -2.22. The Labute approximate surface area is 667 Å². The number of ketones is 2. The Morgan fingerprint density at radius 1 is 0.309 bits per heavy atom. The van der Waals surface area contributed by atoms with E-state index in [0.717, 1.165) is 141 Å². The van der Waals surface area contributed by atoms with Gasteiger partial charge in [-0.05, 0) is 51.4 Å². The molecule has 0 aliphatic heterocycles. The average Bonchev–Trinajstić information content (AvgIpc) is 0.897. The Hall–Kier alpha value is -3.45. The van der Waals surface area contributed by atoms with Crippen LogP contribution < -0.4 is 33.1 Å². The number of hydrogen-bond donors (Lipinski definition) is 6. The van der Waals surface area contributed by atoms with Crippen LogP contribution in [0.2, 0.25) is 0 Å². The summed E-state index contributed by atoms with van der Waals surface area (Å²) >= 11 is 0. The number of hydrogen-bond acceptors (Lipinski definition) is 19. The number of unbranched alkanes of at least 4 members (excludes halogenated alkanes) is 40. The van der Waals surface area contributed by atoms with E-state index in [1.165, 1.54) is 141 Å². The summed E-state index contributed by atoms with van der Waals surface area (Å²) in [5.74, 6) is 4.63. The number of carbonyl (C=O) groups is 7. The fraction of sp³-hybridized carbons (Fsp3) is 0.916. The van der Waals surface area contributed by atoms with E-state index >= 15 is 0 Å². The fourth-order valence-corrected chi connectivity index (χ4v) is 14.7. The molecule has 10 N–H and O–H groups in total. The van der Waals surface area contributed by atoms with Gasteiger partial charge in [0.1, 0.15) is 23.8 Å². The van der Waals surface area contributed by atoms with Crippen LogP contribution in [0.1, 0.15) is 401 Å². The number of esters is 2. The van der Waals surface area contributed by atoms with Crippen LogP contribution in [0, 0.1) is 0 Å². The van der Waals surface area contributed by atoms with Crippen molar-refractivity contribution in [2.45, 2.75) is 425 Å². The Morgan fingerprint density at radius 2 is 0.573 bits per heavy atom. The number of quaternary nitrogens is 2. The molecule has 0 aromatic carbocycles. The molecule has 0 saturated carbocycles. The highest BCUT2D eigenvalue weighted by atomic mass is 31.2. The van der Waals surface area contributed by atoms with Gasteiger partial charge in [0.15, 0.2) is 0 Å². The molecule has 0 fully saturated rings. The number of rotatable bonds is 86. The number of urea groups is 1. The summed E-state index contributed by atoms with van der Waals surface area (Å²) in [6.45, 7) is 11.2. The zero-order valence-corrected chi connectivity index (χ0v) is 72.3. The Morgan fingerprint density at radius 3 is 0.855 bits per heavy atom. The first-order chi connectivity index (χ1) is 53.4. The van der Waals surface area contributed by atoms with Gasteiger partial charge in [-0.2, -0.15) is 0 Å². The van der Waals surface area contributed by atoms with Crippen LogP contribution in [0.25, 0.3) is 0 Å². The molecule has 27 heteroatoms. The van der Waals surface area contributed by atoms with E-state index in [9.17, 15) is 42.7 Å². The highest BCUT2D eigenvalue weighted by Gasteiger charge is 2.33. The summed E-state index contributed by atoms with van der Waals surface area (Å²) < 4.78 is 83.8. The Kier molecular flexibility index (Phi) is 75.6.